The van der Waals surface area contributed by atoms with Crippen LogP contribution in [0.5, 0.6) is 17.2 Å². The van der Waals surface area contributed by atoms with E-state index in [-0.39, 0.29) is 6.04 Å². The van der Waals surface area contributed by atoms with E-state index >= 15 is 0 Å². The first-order chi connectivity index (χ1) is 14.0. The molecule has 1 aromatic rings. The molecule has 1 heterocycles. The van der Waals surface area contributed by atoms with Crippen LogP contribution in [0.15, 0.2) is 35.7 Å². The Morgan fingerprint density at radius 1 is 0.828 bits per heavy atom. The molecular weight excluding hydrogens is 378 g/mol. The standard InChI is InChI=1S/C21H25NO7/c1-25-16-9-8-13(18(26-2)19(16)27-3)17-14(20(23)28-4)10-22(12-6-7-12)11-15(17)21(24)29-5/h8-12,17H,6-7H2,1-5H3. The molecule has 0 aromatic heterocycles. The molecule has 0 N–H and O–H groups in total. The van der Waals surface area contributed by atoms with Crippen molar-refractivity contribution in [2.75, 3.05) is 35.5 Å². The maximum absolute atomic E-state index is 12.7. The second-order valence-corrected chi connectivity index (χ2v) is 6.69. The van der Waals surface area contributed by atoms with E-state index < -0.39 is 17.9 Å². The zero-order valence-corrected chi connectivity index (χ0v) is 17.2. The zero-order chi connectivity index (χ0) is 21.1. The number of carbonyl (C=O) groups excluding carboxylic acids is 2. The molecule has 0 bridgehead atoms. The molecule has 3 rings (SSSR count). The Labute approximate surface area is 169 Å². The summed E-state index contributed by atoms with van der Waals surface area (Å²) < 4.78 is 26.4. The van der Waals surface area contributed by atoms with Crippen LogP contribution in [0.2, 0.25) is 0 Å². The highest BCUT2D eigenvalue weighted by molar-refractivity contribution is 5.99. The van der Waals surface area contributed by atoms with Crippen molar-refractivity contribution in [1.29, 1.82) is 0 Å². The van der Waals surface area contributed by atoms with E-state index in [0.29, 0.717) is 34.0 Å². The van der Waals surface area contributed by atoms with Crippen LogP contribution >= 0.6 is 0 Å². The zero-order valence-electron chi connectivity index (χ0n) is 17.2. The lowest BCUT2D eigenvalue weighted by Crippen LogP contribution is -2.30. The van der Waals surface area contributed by atoms with E-state index in [2.05, 4.69) is 0 Å². The molecule has 156 valence electrons. The normalized spacial score (nSPS) is 16.5. The van der Waals surface area contributed by atoms with Crippen LogP contribution < -0.4 is 14.2 Å². The molecule has 0 atom stereocenters. The molecule has 0 amide bonds. The van der Waals surface area contributed by atoms with Crippen molar-refractivity contribution in [2.24, 2.45) is 0 Å². The Hall–Kier alpha value is -3.16. The summed E-state index contributed by atoms with van der Waals surface area (Å²) in [6.07, 6.45) is 5.44. The number of hydrogen-bond donors (Lipinski definition) is 0. The molecule has 0 saturated heterocycles. The summed E-state index contributed by atoms with van der Waals surface area (Å²) in [4.78, 5) is 27.2. The highest BCUT2D eigenvalue weighted by Gasteiger charge is 2.40. The largest absolute Gasteiger partial charge is 0.493 e. The van der Waals surface area contributed by atoms with Crippen LogP contribution in [-0.2, 0) is 19.1 Å². The van der Waals surface area contributed by atoms with E-state index in [4.69, 9.17) is 23.7 Å². The third-order valence-corrected chi connectivity index (χ3v) is 5.05. The minimum Gasteiger partial charge on any atom is -0.493 e. The molecule has 0 unspecified atom stereocenters. The predicted molar refractivity (Wildman–Crippen MR) is 104 cm³/mol. The summed E-state index contributed by atoms with van der Waals surface area (Å²) in [6, 6.07) is 3.70. The van der Waals surface area contributed by atoms with Gasteiger partial charge in [-0.25, -0.2) is 9.59 Å². The first-order valence-electron chi connectivity index (χ1n) is 9.17. The first-order valence-corrected chi connectivity index (χ1v) is 9.17. The Kier molecular flexibility index (Phi) is 6.00. The van der Waals surface area contributed by atoms with Crippen molar-refractivity contribution in [3.63, 3.8) is 0 Å². The van der Waals surface area contributed by atoms with Crippen LogP contribution in [0.1, 0.15) is 24.3 Å². The number of methoxy groups -OCH3 is 5. The monoisotopic (exact) mass is 403 g/mol. The van der Waals surface area contributed by atoms with E-state index in [0.717, 1.165) is 12.8 Å². The van der Waals surface area contributed by atoms with Crippen molar-refractivity contribution in [3.05, 3.63) is 41.2 Å². The lowest BCUT2D eigenvalue weighted by molar-refractivity contribution is -0.137. The maximum atomic E-state index is 12.7. The predicted octanol–water partition coefficient (Wildman–Crippen LogP) is 2.39. The fourth-order valence-corrected chi connectivity index (χ4v) is 3.52. The summed E-state index contributed by atoms with van der Waals surface area (Å²) in [7, 11) is 7.12. The third kappa shape index (κ3) is 3.74. The second-order valence-electron chi connectivity index (χ2n) is 6.69. The topological polar surface area (TPSA) is 83.5 Å². The quantitative estimate of drug-likeness (QED) is 0.642. The molecule has 1 aliphatic heterocycles. The SMILES string of the molecule is COC(=O)C1=CN(C2CC2)C=C(C(=O)OC)C1c1ccc(OC)c(OC)c1OC. The molecule has 0 spiro atoms. The first kappa shape index (κ1) is 20.6. The number of carbonyl (C=O) groups is 2. The molecule has 0 radical (unpaired) electrons. The van der Waals surface area contributed by atoms with Crippen LogP contribution in [-0.4, -0.2) is 58.4 Å². The van der Waals surface area contributed by atoms with Gasteiger partial charge in [-0.3, -0.25) is 0 Å². The third-order valence-electron chi connectivity index (χ3n) is 5.05. The molecular formula is C21H25NO7. The average Bonchev–Trinajstić information content (AvgIpc) is 3.61. The lowest BCUT2D eigenvalue weighted by atomic mass is 9.82. The van der Waals surface area contributed by atoms with Crippen LogP contribution in [0, 0.1) is 0 Å². The van der Waals surface area contributed by atoms with Crippen LogP contribution in [0.25, 0.3) is 0 Å². The van der Waals surface area contributed by atoms with Gasteiger partial charge in [0.15, 0.2) is 11.5 Å². The summed E-state index contributed by atoms with van der Waals surface area (Å²) in [5.74, 6) is -0.624. The number of esters is 2. The smallest absolute Gasteiger partial charge is 0.336 e. The van der Waals surface area contributed by atoms with Gasteiger partial charge in [0.05, 0.1) is 52.6 Å². The van der Waals surface area contributed by atoms with Gasteiger partial charge in [-0.2, -0.15) is 0 Å². The second kappa shape index (κ2) is 8.46. The van der Waals surface area contributed by atoms with Crippen molar-refractivity contribution in [1.82, 2.24) is 4.90 Å². The highest BCUT2D eigenvalue weighted by atomic mass is 16.5. The fraction of sp³-hybridized carbons (Fsp3) is 0.429. The number of benzene rings is 1. The molecule has 1 fully saturated rings. The molecule has 8 heteroatoms. The molecule has 1 aromatic carbocycles. The van der Waals surface area contributed by atoms with E-state index in [9.17, 15) is 9.59 Å². The molecule has 1 saturated carbocycles. The van der Waals surface area contributed by atoms with Gasteiger partial charge in [0.2, 0.25) is 5.75 Å². The van der Waals surface area contributed by atoms with Crippen molar-refractivity contribution < 1.29 is 33.3 Å². The summed E-state index contributed by atoms with van der Waals surface area (Å²) in [5, 5.41) is 0. The van der Waals surface area contributed by atoms with Gasteiger partial charge >= 0.3 is 11.9 Å². The van der Waals surface area contributed by atoms with Crippen molar-refractivity contribution in [2.45, 2.75) is 24.8 Å². The van der Waals surface area contributed by atoms with Gasteiger partial charge < -0.3 is 28.6 Å². The van der Waals surface area contributed by atoms with Gasteiger partial charge in [0.25, 0.3) is 0 Å². The van der Waals surface area contributed by atoms with E-state index in [1.807, 2.05) is 4.90 Å². The van der Waals surface area contributed by atoms with Gasteiger partial charge in [-0.15, -0.1) is 0 Å². The number of ether oxygens (including phenoxy) is 5. The average molecular weight is 403 g/mol. The minimum absolute atomic E-state index is 0.252. The minimum atomic E-state index is -0.750. The van der Waals surface area contributed by atoms with Crippen molar-refractivity contribution in [3.8, 4) is 17.2 Å². The Morgan fingerprint density at radius 3 is 1.79 bits per heavy atom. The highest BCUT2D eigenvalue weighted by Crippen LogP contribution is 2.48. The Bertz CT molecular complexity index is 836. The van der Waals surface area contributed by atoms with Crippen LogP contribution in [0.4, 0.5) is 0 Å². The van der Waals surface area contributed by atoms with Crippen LogP contribution in [0.3, 0.4) is 0 Å². The van der Waals surface area contributed by atoms with Gasteiger partial charge in [0, 0.05) is 24.0 Å². The van der Waals surface area contributed by atoms with Gasteiger partial charge in [-0.05, 0) is 18.9 Å². The Balaban J connectivity index is 2.22. The number of rotatable bonds is 7. The van der Waals surface area contributed by atoms with E-state index in [1.165, 1.54) is 35.5 Å². The van der Waals surface area contributed by atoms with Crippen molar-refractivity contribution >= 4 is 11.9 Å². The summed E-state index contributed by atoms with van der Waals surface area (Å²) in [5.41, 5.74) is 1.19. The molecule has 8 nitrogen and oxygen atoms in total. The molecule has 2 aliphatic rings. The maximum Gasteiger partial charge on any atom is 0.336 e. The number of nitrogens with zero attached hydrogens (tertiary/aromatic N) is 1. The fourth-order valence-electron chi connectivity index (χ4n) is 3.52. The summed E-state index contributed by atoms with van der Waals surface area (Å²) in [6.45, 7) is 0. The lowest BCUT2D eigenvalue weighted by Gasteiger charge is -2.31. The number of hydrogen-bond acceptors (Lipinski definition) is 8. The molecule has 29 heavy (non-hydrogen) atoms. The Morgan fingerprint density at radius 2 is 1.38 bits per heavy atom. The van der Waals surface area contributed by atoms with E-state index in [1.54, 1.807) is 24.5 Å². The van der Waals surface area contributed by atoms with Gasteiger partial charge in [0.1, 0.15) is 0 Å². The summed E-state index contributed by atoms with van der Waals surface area (Å²) >= 11 is 0. The van der Waals surface area contributed by atoms with Gasteiger partial charge in [-0.1, -0.05) is 6.07 Å². The molecule has 1 aliphatic carbocycles.